The third kappa shape index (κ3) is 21.9. The van der Waals surface area contributed by atoms with E-state index in [9.17, 15) is 24.0 Å². The van der Waals surface area contributed by atoms with Gasteiger partial charge < -0.3 is 19.7 Å². The zero-order valence-electron chi connectivity index (χ0n) is 11.1. The molecule has 0 unspecified atom stereocenters. The molecule has 0 aliphatic carbocycles. The number of nitrogens with zero attached hydrogens (tertiary/aromatic N) is 2. The Morgan fingerprint density at radius 2 is 1.23 bits per heavy atom. The van der Waals surface area contributed by atoms with Crippen LogP contribution in [0.3, 0.4) is 0 Å². The van der Waals surface area contributed by atoms with Crippen LogP contribution in [0, 0.1) is 0 Å². The van der Waals surface area contributed by atoms with Crippen LogP contribution in [0.5, 0.6) is 0 Å². The second-order valence-corrected chi connectivity index (χ2v) is 2.90. The molecule has 120 valence electrons. The fourth-order valence-corrected chi connectivity index (χ4v) is 0.625. The first-order chi connectivity index (χ1) is 10.4. The van der Waals surface area contributed by atoms with Gasteiger partial charge in [0.05, 0.1) is 13.1 Å². The van der Waals surface area contributed by atoms with E-state index in [0.717, 1.165) is 0 Å². The number of rotatable bonds is 8. The molecule has 11 heteroatoms. The lowest BCUT2D eigenvalue weighted by molar-refractivity contribution is -0.134. The second kappa shape index (κ2) is 15.8. The molecule has 0 aromatic heterocycles. The summed E-state index contributed by atoms with van der Waals surface area (Å²) in [5, 5.41) is 15.6. The number of carboxylic acid groups (broad SMARTS) is 2. The smallest absolute Gasteiger partial charge is 0.478 e. The van der Waals surface area contributed by atoms with Gasteiger partial charge in [-0.25, -0.2) is 34.0 Å². The van der Waals surface area contributed by atoms with Crippen LogP contribution in [-0.4, -0.2) is 66.8 Å². The number of isocyanates is 2. The van der Waals surface area contributed by atoms with Gasteiger partial charge in [-0.05, 0) is 0 Å². The Labute approximate surface area is 123 Å². The summed E-state index contributed by atoms with van der Waals surface area (Å²) in [5.74, 6) is -2.51. The van der Waals surface area contributed by atoms with Crippen molar-refractivity contribution >= 4 is 30.3 Å². The third-order valence-electron chi connectivity index (χ3n) is 1.34. The van der Waals surface area contributed by atoms with Crippen molar-refractivity contribution in [3.63, 3.8) is 0 Å². The van der Waals surface area contributed by atoms with Crippen molar-refractivity contribution in [2.24, 2.45) is 9.98 Å². The number of hydrogen-bond donors (Lipinski definition) is 2. The third-order valence-corrected chi connectivity index (χ3v) is 1.34. The van der Waals surface area contributed by atoms with Gasteiger partial charge in [0, 0.05) is 12.2 Å². The Hall–Kier alpha value is -3.29. The molecule has 0 spiro atoms. The Morgan fingerprint density at radius 3 is 1.50 bits per heavy atom. The predicted octanol–water partition coefficient (Wildman–Crippen LogP) is -0.477. The minimum atomic E-state index is -1.26. The molecule has 0 aliphatic heterocycles. The molecule has 0 aromatic carbocycles. The van der Waals surface area contributed by atoms with Crippen LogP contribution in [0.1, 0.15) is 0 Å². The number of aliphatic carboxylic acids is 2. The fraction of sp³-hybridized carbons (Fsp3) is 0.364. The van der Waals surface area contributed by atoms with E-state index in [1.165, 1.54) is 12.2 Å². The van der Waals surface area contributed by atoms with E-state index in [1.54, 1.807) is 0 Å². The standard InChI is InChI=1S/C7H8N2O5.C4H4O4/c10-5-8-1-3-13-7(12)14-4-2-9-6-11;5-3(6)1-2-4(7)8/h1-4H2;1-2H,(H,5,6)(H,7,8)/b;2-1+. The lowest BCUT2D eigenvalue weighted by Crippen LogP contribution is -2.11. The molecular weight excluding hydrogens is 304 g/mol. The summed E-state index contributed by atoms with van der Waals surface area (Å²) in [6.45, 7) is -0.00771. The molecule has 0 heterocycles. The van der Waals surface area contributed by atoms with Crippen LogP contribution in [-0.2, 0) is 28.7 Å². The molecule has 0 saturated carbocycles. The van der Waals surface area contributed by atoms with Crippen molar-refractivity contribution in [2.45, 2.75) is 0 Å². The van der Waals surface area contributed by atoms with E-state index in [1.807, 2.05) is 0 Å². The highest BCUT2D eigenvalue weighted by Gasteiger charge is 2.01. The van der Waals surface area contributed by atoms with Gasteiger partial charge >= 0.3 is 18.1 Å². The molecule has 0 aromatic rings. The zero-order chi connectivity index (χ0) is 17.2. The average Bonchev–Trinajstić information content (AvgIpc) is 2.47. The second-order valence-electron chi connectivity index (χ2n) is 2.90. The Morgan fingerprint density at radius 1 is 0.864 bits per heavy atom. The maximum absolute atomic E-state index is 10.6. The van der Waals surface area contributed by atoms with E-state index in [2.05, 4.69) is 19.5 Å². The summed E-state index contributed by atoms with van der Waals surface area (Å²) < 4.78 is 8.90. The Balaban J connectivity index is 0. The summed E-state index contributed by atoms with van der Waals surface area (Å²) in [4.78, 5) is 55.2. The first-order valence-electron chi connectivity index (χ1n) is 5.44. The molecule has 0 fully saturated rings. The highest BCUT2D eigenvalue weighted by atomic mass is 16.7. The molecule has 0 atom stereocenters. The van der Waals surface area contributed by atoms with Crippen molar-refractivity contribution in [1.82, 2.24) is 0 Å². The predicted molar refractivity (Wildman–Crippen MR) is 67.7 cm³/mol. The number of hydrogen-bond acceptors (Lipinski definition) is 9. The molecule has 0 amide bonds. The van der Waals surface area contributed by atoms with Crippen LogP contribution in [0.25, 0.3) is 0 Å². The largest absolute Gasteiger partial charge is 0.508 e. The summed E-state index contributed by atoms with van der Waals surface area (Å²) in [5.41, 5.74) is 0. The Kier molecular flexibility index (Phi) is 15.1. The van der Waals surface area contributed by atoms with Gasteiger partial charge in [-0.15, -0.1) is 0 Å². The van der Waals surface area contributed by atoms with Gasteiger partial charge in [-0.1, -0.05) is 0 Å². The van der Waals surface area contributed by atoms with Crippen LogP contribution in [0.4, 0.5) is 4.79 Å². The van der Waals surface area contributed by atoms with Crippen molar-refractivity contribution in [2.75, 3.05) is 26.3 Å². The molecule has 0 bridgehead atoms. The van der Waals surface area contributed by atoms with Crippen molar-refractivity contribution in [3.8, 4) is 0 Å². The lowest BCUT2D eigenvalue weighted by Gasteiger charge is -2.01. The number of carboxylic acids is 2. The Bertz CT molecular complexity index is 446. The van der Waals surface area contributed by atoms with Gasteiger partial charge in [0.25, 0.3) is 0 Å². The monoisotopic (exact) mass is 316 g/mol. The lowest BCUT2D eigenvalue weighted by atomic mass is 10.5. The summed E-state index contributed by atoms with van der Waals surface area (Å²) >= 11 is 0. The van der Waals surface area contributed by atoms with Gasteiger partial charge in [0.2, 0.25) is 12.2 Å². The van der Waals surface area contributed by atoms with Gasteiger partial charge in [-0.3, -0.25) is 0 Å². The first kappa shape index (κ1) is 21.0. The normalized spacial score (nSPS) is 8.55. The molecule has 22 heavy (non-hydrogen) atoms. The van der Waals surface area contributed by atoms with E-state index in [0.29, 0.717) is 12.2 Å². The van der Waals surface area contributed by atoms with Crippen LogP contribution in [0.2, 0.25) is 0 Å². The van der Waals surface area contributed by atoms with Crippen molar-refractivity contribution in [1.29, 1.82) is 0 Å². The number of aliphatic imine (C=N–C) groups is 2. The molecule has 0 saturated heterocycles. The minimum absolute atomic E-state index is 0.0467. The van der Waals surface area contributed by atoms with Crippen molar-refractivity contribution < 1.29 is 43.7 Å². The quantitative estimate of drug-likeness (QED) is 0.197. The number of ether oxygens (including phenoxy) is 2. The van der Waals surface area contributed by atoms with E-state index in [-0.39, 0.29) is 26.3 Å². The summed E-state index contributed by atoms with van der Waals surface area (Å²) in [7, 11) is 0. The first-order valence-corrected chi connectivity index (χ1v) is 5.44. The SMILES string of the molecule is O=C(O)/C=C/C(=O)O.O=C=NCCOC(=O)OCCN=C=O. The summed E-state index contributed by atoms with van der Waals surface area (Å²) in [6.07, 6.45) is 2.79. The van der Waals surface area contributed by atoms with Crippen LogP contribution in [0.15, 0.2) is 22.1 Å². The molecule has 0 radical (unpaired) electrons. The fourth-order valence-electron chi connectivity index (χ4n) is 0.625. The highest BCUT2D eigenvalue weighted by Crippen LogP contribution is 1.85. The van der Waals surface area contributed by atoms with Crippen LogP contribution < -0.4 is 0 Å². The molecule has 11 nitrogen and oxygen atoms in total. The molecular formula is C11H12N2O9. The van der Waals surface area contributed by atoms with E-state index in [4.69, 9.17) is 10.2 Å². The average molecular weight is 316 g/mol. The maximum atomic E-state index is 10.6. The highest BCUT2D eigenvalue weighted by molar-refractivity contribution is 5.89. The van der Waals surface area contributed by atoms with Crippen molar-refractivity contribution in [3.05, 3.63) is 12.2 Å². The zero-order valence-corrected chi connectivity index (χ0v) is 11.1. The molecule has 0 aliphatic rings. The topological polar surface area (TPSA) is 169 Å². The summed E-state index contributed by atoms with van der Waals surface area (Å²) in [6, 6.07) is 0. The maximum Gasteiger partial charge on any atom is 0.508 e. The van der Waals surface area contributed by atoms with E-state index < -0.39 is 18.1 Å². The number of carbonyl (C=O) groups is 3. The van der Waals surface area contributed by atoms with E-state index >= 15 is 0 Å². The van der Waals surface area contributed by atoms with Crippen LogP contribution >= 0.6 is 0 Å². The van der Waals surface area contributed by atoms with Gasteiger partial charge in [0.1, 0.15) is 13.2 Å². The molecule has 0 rings (SSSR count). The van der Waals surface area contributed by atoms with Gasteiger partial charge in [0.15, 0.2) is 0 Å². The number of carbonyl (C=O) groups excluding carboxylic acids is 3. The van der Waals surface area contributed by atoms with Gasteiger partial charge in [-0.2, -0.15) is 0 Å². The minimum Gasteiger partial charge on any atom is -0.478 e. The molecule has 2 N–H and O–H groups in total.